The first-order chi connectivity index (χ1) is 18.0. The van der Waals surface area contributed by atoms with Crippen molar-refractivity contribution < 1.29 is 27.4 Å². The summed E-state index contributed by atoms with van der Waals surface area (Å²) in [6.07, 6.45) is 0. The first kappa shape index (κ1) is 26.7. The van der Waals surface area contributed by atoms with Gasteiger partial charge in [0.2, 0.25) is 5.88 Å². The van der Waals surface area contributed by atoms with Crippen LogP contribution in [0.15, 0.2) is 65.7 Å². The number of carbonyl (C=O) groups excluding carboxylic acids is 1. The molecule has 0 fully saturated rings. The molecule has 0 saturated carbocycles. The van der Waals surface area contributed by atoms with Gasteiger partial charge in [-0.3, -0.25) is 4.79 Å². The van der Waals surface area contributed by atoms with E-state index in [0.717, 1.165) is 16.7 Å². The molecular weight excluding hydrogens is 511 g/mol. The molecule has 0 radical (unpaired) electrons. The summed E-state index contributed by atoms with van der Waals surface area (Å²) in [4.78, 5) is 21.3. The van der Waals surface area contributed by atoms with Crippen LogP contribution in [0.2, 0.25) is 0 Å². The third-order valence-electron chi connectivity index (χ3n) is 5.65. The van der Waals surface area contributed by atoms with Crippen LogP contribution < -0.4 is 15.2 Å². The van der Waals surface area contributed by atoms with Gasteiger partial charge in [0.05, 0.1) is 12.3 Å². The zero-order chi connectivity index (χ0) is 27.6. The molecule has 0 atom stereocenters. The van der Waals surface area contributed by atoms with E-state index < -0.39 is 26.8 Å². The number of hydrogen-bond acceptors (Lipinski definition) is 8. The predicted molar refractivity (Wildman–Crippen MR) is 140 cm³/mol. The second kappa shape index (κ2) is 10.6. The average molecular weight is 537 g/mol. The van der Waals surface area contributed by atoms with Gasteiger partial charge in [-0.25, -0.2) is 19.1 Å². The number of aryl methyl sites for hydroxylation is 3. The van der Waals surface area contributed by atoms with Crippen molar-refractivity contribution in [2.45, 2.75) is 32.4 Å². The number of aliphatic hydroxyl groups is 1. The topological polar surface area (TPSA) is 144 Å². The molecule has 1 amide bonds. The molecule has 0 spiro atoms. The first-order valence-electron chi connectivity index (χ1n) is 11.4. The van der Waals surface area contributed by atoms with Crippen LogP contribution in [0, 0.1) is 26.6 Å². The van der Waals surface area contributed by atoms with Gasteiger partial charge in [0.15, 0.2) is 5.03 Å². The van der Waals surface area contributed by atoms with Crippen molar-refractivity contribution in [3.63, 3.8) is 0 Å². The minimum Gasteiger partial charge on any atom is -0.438 e. The zero-order valence-electron chi connectivity index (χ0n) is 20.8. The molecule has 0 aliphatic rings. The van der Waals surface area contributed by atoms with Crippen molar-refractivity contribution in [3.8, 4) is 22.9 Å². The summed E-state index contributed by atoms with van der Waals surface area (Å²) in [5, 5.41) is 9.04. The normalized spacial score (nSPS) is 11.3. The molecule has 4 aromatic rings. The van der Waals surface area contributed by atoms with Gasteiger partial charge in [0, 0.05) is 5.56 Å². The number of nitrogens with one attached hydrogen (secondary N) is 1. The molecular formula is C27H25FN4O5S. The number of rotatable bonds is 7. The van der Waals surface area contributed by atoms with Gasteiger partial charge < -0.3 is 15.6 Å². The Morgan fingerprint density at radius 1 is 1.03 bits per heavy atom. The SMILES string of the molecule is Cc1cc(C)c(Oc2nc(-c3cc(CO)ccc3F)ccc2C(=O)NS(=O)(=O)c2cccc(N)n2)c(C)c1. The molecule has 11 heteroatoms. The Balaban J connectivity index is 1.81. The molecule has 4 N–H and O–H groups in total. The fourth-order valence-electron chi connectivity index (χ4n) is 3.94. The smallest absolute Gasteiger partial charge is 0.281 e. The van der Waals surface area contributed by atoms with Gasteiger partial charge in [-0.05, 0) is 73.9 Å². The highest BCUT2D eigenvalue weighted by Gasteiger charge is 2.25. The lowest BCUT2D eigenvalue weighted by molar-refractivity contribution is 0.0978. The molecule has 9 nitrogen and oxygen atoms in total. The molecule has 0 unspecified atom stereocenters. The van der Waals surface area contributed by atoms with Gasteiger partial charge >= 0.3 is 0 Å². The molecule has 0 saturated heterocycles. The molecule has 38 heavy (non-hydrogen) atoms. The number of pyridine rings is 2. The predicted octanol–water partition coefficient (Wildman–Crippen LogP) is 4.19. The number of ether oxygens (including phenoxy) is 1. The maximum Gasteiger partial charge on any atom is 0.281 e. The number of nitrogen functional groups attached to an aromatic ring is 1. The summed E-state index contributed by atoms with van der Waals surface area (Å²) in [5.74, 6) is -1.49. The number of aliphatic hydroxyl groups excluding tert-OH is 1. The van der Waals surface area contributed by atoms with E-state index in [1.54, 1.807) is 0 Å². The summed E-state index contributed by atoms with van der Waals surface area (Å²) in [5.41, 5.74) is 8.53. The molecule has 0 aliphatic heterocycles. The first-order valence-corrected chi connectivity index (χ1v) is 12.9. The van der Waals surface area contributed by atoms with Gasteiger partial charge in [-0.1, -0.05) is 29.8 Å². The lowest BCUT2D eigenvalue weighted by Crippen LogP contribution is -2.31. The van der Waals surface area contributed by atoms with Crippen LogP contribution in [0.5, 0.6) is 11.6 Å². The van der Waals surface area contributed by atoms with Crippen molar-refractivity contribution in [1.82, 2.24) is 14.7 Å². The lowest BCUT2D eigenvalue weighted by Gasteiger charge is -2.16. The summed E-state index contributed by atoms with van der Waals surface area (Å²) < 4.78 is 48.3. The molecule has 2 aromatic carbocycles. The Morgan fingerprint density at radius 3 is 2.39 bits per heavy atom. The largest absolute Gasteiger partial charge is 0.438 e. The molecule has 2 heterocycles. The Hall–Kier alpha value is -4.35. The number of sulfonamides is 1. The molecule has 4 rings (SSSR count). The molecule has 0 aliphatic carbocycles. The fraction of sp³-hybridized carbons (Fsp3) is 0.148. The Bertz CT molecular complexity index is 1630. The number of hydrogen-bond donors (Lipinski definition) is 3. The van der Waals surface area contributed by atoms with Crippen LogP contribution in [-0.2, 0) is 16.6 Å². The second-order valence-electron chi connectivity index (χ2n) is 8.69. The van der Waals surface area contributed by atoms with Crippen molar-refractivity contribution in [2.75, 3.05) is 5.73 Å². The molecule has 2 aromatic heterocycles. The van der Waals surface area contributed by atoms with Crippen LogP contribution in [0.25, 0.3) is 11.3 Å². The Morgan fingerprint density at radius 2 is 1.74 bits per heavy atom. The van der Waals surface area contributed by atoms with E-state index in [2.05, 4.69) is 9.97 Å². The summed E-state index contributed by atoms with van der Waals surface area (Å²) in [7, 11) is -4.38. The van der Waals surface area contributed by atoms with Gasteiger partial charge in [-0.2, -0.15) is 8.42 Å². The lowest BCUT2D eigenvalue weighted by atomic mass is 10.1. The van der Waals surface area contributed by atoms with Gasteiger partial charge in [0.1, 0.15) is 22.9 Å². The van der Waals surface area contributed by atoms with E-state index in [0.29, 0.717) is 11.3 Å². The van der Waals surface area contributed by atoms with E-state index in [4.69, 9.17) is 10.5 Å². The van der Waals surface area contributed by atoms with E-state index in [9.17, 15) is 22.7 Å². The quantitative estimate of drug-likeness (QED) is 0.319. The highest BCUT2D eigenvalue weighted by Crippen LogP contribution is 2.33. The minimum absolute atomic E-state index is 0.0344. The van der Waals surface area contributed by atoms with Crippen molar-refractivity contribution in [3.05, 3.63) is 94.3 Å². The highest BCUT2D eigenvalue weighted by atomic mass is 32.2. The maximum absolute atomic E-state index is 14.7. The highest BCUT2D eigenvalue weighted by molar-refractivity contribution is 7.90. The number of nitrogens with two attached hydrogens (primary N) is 1. The number of nitrogens with zero attached hydrogens (tertiary/aromatic N) is 2. The van der Waals surface area contributed by atoms with Crippen LogP contribution in [-0.4, -0.2) is 29.4 Å². The van der Waals surface area contributed by atoms with Crippen molar-refractivity contribution >= 4 is 21.7 Å². The Labute approximate surface area is 219 Å². The summed E-state index contributed by atoms with van der Waals surface area (Å²) in [6.45, 7) is 5.25. The monoisotopic (exact) mass is 536 g/mol. The molecule has 196 valence electrons. The number of anilines is 1. The number of amides is 1. The second-order valence-corrected chi connectivity index (χ2v) is 10.3. The molecule has 0 bridgehead atoms. The number of benzene rings is 2. The van der Waals surface area contributed by atoms with E-state index in [1.807, 2.05) is 37.6 Å². The third kappa shape index (κ3) is 5.63. The standard InChI is InChI=1S/C27H25FN4O5S/c1-15-11-16(2)25(17(3)12-15)37-27-19(26(34)32-38(35,36)24-6-4-5-23(29)31-24)8-10-22(30-27)20-13-18(14-33)7-9-21(20)28/h4-13,33H,14H2,1-3H3,(H2,29,31)(H,32,34). The van der Waals surface area contributed by atoms with Crippen LogP contribution >= 0.6 is 0 Å². The fourth-order valence-corrected chi connectivity index (χ4v) is 4.88. The van der Waals surface area contributed by atoms with Crippen molar-refractivity contribution in [1.29, 1.82) is 0 Å². The van der Waals surface area contributed by atoms with E-state index in [1.165, 1.54) is 48.5 Å². The maximum atomic E-state index is 14.7. The van der Waals surface area contributed by atoms with Crippen LogP contribution in [0.4, 0.5) is 10.2 Å². The van der Waals surface area contributed by atoms with E-state index in [-0.39, 0.29) is 35.1 Å². The van der Waals surface area contributed by atoms with E-state index >= 15 is 0 Å². The Kier molecular flexibility index (Phi) is 7.42. The van der Waals surface area contributed by atoms with Gasteiger partial charge in [0.25, 0.3) is 15.9 Å². The zero-order valence-corrected chi connectivity index (χ0v) is 21.6. The van der Waals surface area contributed by atoms with Crippen LogP contribution in [0.1, 0.15) is 32.6 Å². The van der Waals surface area contributed by atoms with Crippen molar-refractivity contribution in [2.24, 2.45) is 0 Å². The summed E-state index contributed by atoms with van der Waals surface area (Å²) >= 11 is 0. The average Bonchev–Trinajstić information content (AvgIpc) is 2.86. The number of halogens is 1. The number of carbonyl (C=O) groups is 1. The van der Waals surface area contributed by atoms with Crippen LogP contribution in [0.3, 0.4) is 0 Å². The van der Waals surface area contributed by atoms with Gasteiger partial charge in [-0.15, -0.1) is 0 Å². The number of aromatic nitrogens is 2. The minimum atomic E-state index is -4.38. The summed E-state index contributed by atoms with van der Waals surface area (Å²) in [6, 6.07) is 14.5. The third-order valence-corrected chi connectivity index (χ3v) is 6.88.